The van der Waals surface area contributed by atoms with Gasteiger partial charge in [-0.3, -0.25) is 4.79 Å². The van der Waals surface area contributed by atoms with Crippen LogP contribution in [0.1, 0.15) is 118 Å². The normalized spacial score (nSPS) is 13.4. The van der Waals surface area contributed by atoms with Crippen LogP contribution in [0, 0.1) is 0 Å². The number of phenols is 2. The van der Waals surface area contributed by atoms with E-state index in [2.05, 4.69) is 77.2 Å². The van der Waals surface area contributed by atoms with E-state index in [9.17, 15) is 15.0 Å². The van der Waals surface area contributed by atoms with Crippen molar-refractivity contribution in [2.75, 3.05) is 6.54 Å². The number of carbonyl (C=O) groups excluding carboxylic acids is 1. The molecule has 42 heavy (non-hydrogen) atoms. The number of allylic oxidation sites excluding steroid dienone is 11. The van der Waals surface area contributed by atoms with Crippen LogP contribution in [0.3, 0.4) is 0 Å². The van der Waals surface area contributed by atoms with Crippen LogP contribution in [-0.4, -0.2) is 22.7 Å². The average Bonchev–Trinajstić information content (AvgIpc) is 2.90. The molecule has 0 spiro atoms. The third kappa shape index (κ3) is 19.0. The lowest BCUT2D eigenvalue weighted by molar-refractivity contribution is -0.116. The lowest BCUT2D eigenvalue weighted by Crippen LogP contribution is -2.23. The van der Waals surface area contributed by atoms with Gasteiger partial charge >= 0.3 is 0 Å². The highest BCUT2D eigenvalue weighted by atomic mass is 16.3. The molecule has 0 saturated carbocycles. The molecule has 0 unspecified atom stereocenters. The molecule has 4 heteroatoms. The summed E-state index contributed by atoms with van der Waals surface area (Å²) >= 11 is 0. The highest BCUT2D eigenvalue weighted by Crippen LogP contribution is 2.25. The molecular formula is C38H57NO3. The van der Waals surface area contributed by atoms with Crippen molar-refractivity contribution in [3.8, 4) is 11.5 Å². The Balaban J connectivity index is 2.25. The van der Waals surface area contributed by atoms with Gasteiger partial charge in [0, 0.05) is 12.6 Å². The SMILES string of the molecule is CC(C)=CCCC(C)=CCCC(C)=CCCC(C)=CCCC(C)=CCCC(C)=CC(=O)NCCc1ccc(O)c(O)c1. The molecule has 3 N–H and O–H groups in total. The van der Waals surface area contributed by atoms with Gasteiger partial charge in [-0.15, -0.1) is 0 Å². The van der Waals surface area contributed by atoms with E-state index >= 15 is 0 Å². The molecule has 0 fully saturated rings. The topological polar surface area (TPSA) is 69.6 Å². The Morgan fingerprint density at radius 1 is 0.619 bits per heavy atom. The van der Waals surface area contributed by atoms with Crippen molar-refractivity contribution in [1.29, 1.82) is 0 Å². The number of rotatable bonds is 19. The average molecular weight is 576 g/mol. The van der Waals surface area contributed by atoms with E-state index in [4.69, 9.17) is 0 Å². The first-order valence-corrected chi connectivity index (χ1v) is 15.7. The molecular weight excluding hydrogens is 518 g/mol. The molecule has 0 atom stereocenters. The molecule has 1 aromatic carbocycles. The van der Waals surface area contributed by atoms with Gasteiger partial charge in [0.2, 0.25) is 5.91 Å². The smallest absolute Gasteiger partial charge is 0.243 e. The second-order valence-electron chi connectivity index (χ2n) is 12.0. The van der Waals surface area contributed by atoms with Crippen molar-refractivity contribution in [3.05, 3.63) is 93.7 Å². The summed E-state index contributed by atoms with van der Waals surface area (Å²) in [7, 11) is 0. The Hall–Kier alpha value is -3.27. The lowest BCUT2D eigenvalue weighted by Gasteiger charge is -2.06. The molecule has 1 amide bonds. The van der Waals surface area contributed by atoms with Crippen molar-refractivity contribution < 1.29 is 15.0 Å². The fourth-order valence-corrected chi connectivity index (χ4v) is 4.58. The monoisotopic (exact) mass is 575 g/mol. The fourth-order valence-electron chi connectivity index (χ4n) is 4.58. The summed E-state index contributed by atoms with van der Waals surface area (Å²) in [5.74, 6) is -0.375. The van der Waals surface area contributed by atoms with Crippen molar-refractivity contribution >= 4 is 5.91 Å². The minimum Gasteiger partial charge on any atom is -0.504 e. The minimum absolute atomic E-state index is 0.0977. The molecule has 0 heterocycles. The quantitative estimate of drug-likeness (QED) is 0.0873. The number of amides is 1. The molecule has 4 nitrogen and oxygen atoms in total. The van der Waals surface area contributed by atoms with E-state index in [0.29, 0.717) is 13.0 Å². The number of hydrogen-bond acceptors (Lipinski definition) is 3. The van der Waals surface area contributed by atoms with Crippen LogP contribution < -0.4 is 5.32 Å². The molecule has 0 saturated heterocycles. The van der Waals surface area contributed by atoms with Gasteiger partial charge in [-0.25, -0.2) is 0 Å². The van der Waals surface area contributed by atoms with Crippen molar-refractivity contribution in [2.45, 2.75) is 119 Å². The molecule has 0 aliphatic carbocycles. The summed E-state index contributed by atoms with van der Waals surface area (Å²) < 4.78 is 0. The van der Waals surface area contributed by atoms with Crippen LogP contribution in [0.4, 0.5) is 0 Å². The maximum atomic E-state index is 12.2. The van der Waals surface area contributed by atoms with Crippen LogP contribution >= 0.6 is 0 Å². The van der Waals surface area contributed by atoms with Gasteiger partial charge in [0.1, 0.15) is 0 Å². The summed E-state index contributed by atoms with van der Waals surface area (Å²) in [4.78, 5) is 12.2. The molecule has 0 aromatic heterocycles. The summed E-state index contributed by atoms with van der Waals surface area (Å²) in [5.41, 5.74) is 9.18. The maximum Gasteiger partial charge on any atom is 0.243 e. The molecule has 232 valence electrons. The van der Waals surface area contributed by atoms with Gasteiger partial charge in [0.15, 0.2) is 11.5 Å². The predicted molar refractivity (Wildman–Crippen MR) is 181 cm³/mol. The number of aromatic hydroxyl groups is 2. The summed E-state index contributed by atoms with van der Waals surface area (Å²) in [5, 5.41) is 21.8. The third-order valence-corrected chi connectivity index (χ3v) is 7.35. The second-order valence-corrected chi connectivity index (χ2v) is 12.0. The molecule has 1 rings (SSSR count). The van der Waals surface area contributed by atoms with Gasteiger partial charge in [0.05, 0.1) is 0 Å². The number of nitrogens with one attached hydrogen (secondary N) is 1. The zero-order valence-electron chi connectivity index (χ0n) is 27.5. The van der Waals surface area contributed by atoms with E-state index in [1.165, 1.54) is 46.4 Å². The standard InChI is InChI=1S/C38H57NO3/c1-29(2)13-8-14-30(3)15-9-16-31(4)17-10-18-32(5)19-11-20-33(6)21-12-22-34(7)27-38(42)39-26-25-35-23-24-36(40)37(41)28-35/h13,15,17,19,21,23-24,27-28,40-41H,8-12,14,16,18,20,22,25-26H2,1-7H3,(H,39,42). The zero-order chi connectivity index (χ0) is 31.3. The molecule has 1 aromatic rings. The van der Waals surface area contributed by atoms with Crippen molar-refractivity contribution in [3.63, 3.8) is 0 Å². The van der Waals surface area contributed by atoms with E-state index in [-0.39, 0.29) is 17.4 Å². The molecule has 0 aliphatic rings. The summed E-state index contributed by atoms with van der Waals surface area (Å²) in [6, 6.07) is 4.72. The van der Waals surface area contributed by atoms with E-state index < -0.39 is 0 Å². The highest BCUT2D eigenvalue weighted by molar-refractivity contribution is 5.88. The predicted octanol–water partition coefficient (Wildman–Crippen LogP) is 10.4. The molecule has 0 aliphatic heterocycles. The van der Waals surface area contributed by atoms with Crippen molar-refractivity contribution in [2.24, 2.45) is 0 Å². The van der Waals surface area contributed by atoms with Gasteiger partial charge < -0.3 is 15.5 Å². The van der Waals surface area contributed by atoms with Crippen molar-refractivity contribution in [1.82, 2.24) is 5.32 Å². The highest BCUT2D eigenvalue weighted by Gasteiger charge is 2.03. The number of hydrogen-bond donors (Lipinski definition) is 3. The van der Waals surface area contributed by atoms with Crippen LogP contribution in [0.15, 0.2) is 88.1 Å². The summed E-state index contributed by atoms with van der Waals surface area (Å²) in [6.07, 6.45) is 24.9. The van der Waals surface area contributed by atoms with E-state index in [1.54, 1.807) is 12.1 Å². The zero-order valence-corrected chi connectivity index (χ0v) is 27.5. The lowest BCUT2D eigenvalue weighted by atomic mass is 10.0. The minimum atomic E-state index is -0.141. The second kappa shape index (κ2) is 21.4. The Bertz CT molecular complexity index is 1160. The van der Waals surface area contributed by atoms with Crippen LogP contribution in [0.5, 0.6) is 11.5 Å². The number of phenolic OH excluding ortho intramolecular Hbond substituents is 2. The number of carbonyl (C=O) groups is 1. The van der Waals surface area contributed by atoms with Crippen LogP contribution in [-0.2, 0) is 11.2 Å². The van der Waals surface area contributed by atoms with E-state index in [1.807, 2.05) is 6.92 Å². The first-order valence-electron chi connectivity index (χ1n) is 15.7. The van der Waals surface area contributed by atoms with Crippen LogP contribution in [0.2, 0.25) is 0 Å². The third-order valence-electron chi connectivity index (χ3n) is 7.35. The Labute approximate surface area is 256 Å². The Morgan fingerprint density at radius 2 is 1.05 bits per heavy atom. The van der Waals surface area contributed by atoms with Gasteiger partial charge in [-0.2, -0.15) is 0 Å². The van der Waals surface area contributed by atoms with Gasteiger partial charge in [0.25, 0.3) is 0 Å². The van der Waals surface area contributed by atoms with E-state index in [0.717, 1.165) is 68.9 Å². The fraction of sp³-hybridized carbons (Fsp3) is 0.500. The first kappa shape index (κ1) is 36.8. The Kier molecular flexibility index (Phi) is 18.8. The Morgan fingerprint density at radius 3 is 1.48 bits per heavy atom. The first-order chi connectivity index (χ1) is 20.0. The number of benzene rings is 1. The maximum absolute atomic E-state index is 12.2. The molecule has 0 radical (unpaired) electrons. The molecule has 0 bridgehead atoms. The summed E-state index contributed by atoms with van der Waals surface area (Å²) in [6.45, 7) is 15.7. The van der Waals surface area contributed by atoms with Gasteiger partial charge in [-0.05, 0) is 137 Å². The van der Waals surface area contributed by atoms with Gasteiger partial charge in [-0.1, -0.05) is 69.9 Å². The van der Waals surface area contributed by atoms with Crippen LogP contribution in [0.25, 0.3) is 0 Å². The largest absolute Gasteiger partial charge is 0.504 e.